The van der Waals surface area contributed by atoms with Crippen molar-refractivity contribution in [3.05, 3.63) is 62.0 Å². The second-order valence-electron chi connectivity index (χ2n) is 6.06. The Morgan fingerprint density at radius 3 is 2.80 bits per heavy atom. The van der Waals surface area contributed by atoms with Crippen molar-refractivity contribution in [3.8, 4) is 5.75 Å². The first-order valence-electron chi connectivity index (χ1n) is 8.29. The third kappa shape index (κ3) is 5.60. The summed E-state index contributed by atoms with van der Waals surface area (Å²) in [6.45, 7) is 2.91. The van der Waals surface area contributed by atoms with Crippen LogP contribution in [0.3, 0.4) is 0 Å². The lowest BCUT2D eigenvalue weighted by atomic mass is 10.2. The van der Waals surface area contributed by atoms with Crippen molar-refractivity contribution >= 4 is 39.1 Å². The van der Waals surface area contributed by atoms with Gasteiger partial charge in [-0.15, -0.1) is 0 Å². The van der Waals surface area contributed by atoms with Crippen LogP contribution in [0.5, 0.6) is 5.75 Å². The van der Waals surface area contributed by atoms with E-state index in [2.05, 4.69) is 27.3 Å². The quantitative estimate of drug-likeness (QED) is 0.602. The molecule has 2 aromatic rings. The molecule has 134 valence electrons. The van der Waals surface area contributed by atoms with Crippen LogP contribution < -0.4 is 10.1 Å². The third-order valence-electron chi connectivity index (χ3n) is 4.11. The van der Waals surface area contributed by atoms with Crippen molar-refractivity contribution in [3.63, 3.8) is 0 Å². The number of hydrogen-bond acceptors (Lipinski definition) is 3. The SMILES string of the molecule is Clc1ccc(COc2ccc(Br)cc2CNC[C@@H]2CCCO2)cc1Cl. The van der Waals surface area contributed by atoms with Crippen LogP contribution in [0.4, 0.5) is 0 Å². The van der Waals surface area contributed by atoms with Crippen LogP contribution in [0.1, 0.15) is 24.0 Å². The summed E-state index contributed by atoms with van der Waals surface area (Å²) in [6.07, 6.45) is 2.61. The Kier molecular flexibility index (Phi) is 7.02. The van der Waals surface area contributed by atoms with E-state index in [9.17, 15) is 0 Å². The minimum Gasteiger partial charge on any atom is -0.489 e. The molecule has 0 aliphatic carbocycles. The van der Waals surface area contributed by atoms with Gasteiger partial charge >= 0.3 is 0 Å². The van der Waals surface area contributed by atoms with Crippen molar-refractivity contribution in [1.29, 1.82) is 0 Å². The van der Waals surface area contributed by atoms with E-state index in [4.69, 9.17) is 32.7 Å². The van der Waals surface area contributed by atoms with Crippen LogP contribution in [-0.4, -0.2) is 19.3 Å². The largest absolute Gasteiger partial charge is 0.489 e. The maximum atomic E-state index is 6.06. The molecule has 1 aliphatic rings. The Bertz CT molecular complexity index is 721. The lowest BCUT2D eigenvalue weighted by Crippen LogP contribution is -2.26. The summed E-state index contributed by atoms with van der Waals surface area (Å²) >= 11 is 15.5. The van der Waals surface area contributed by atoms with E-state index in [1.165, 1.54) is 0 Å². The molecule has 0 saturated carbocycles. The molecule has 0 unspecified atom stereocenters. The molecule has 0 radical (unpaired) electrons. The molecule has 25 heavy (non-hydrogen) atoms. The minimum atomic E-state index is 0.327. The van der Waals surface area contributed by atoms with Gasteiger partial charge in [-0.3, -0.25) is 0 Å². The van der Waals surface area contributed by atoms with E-state index in [1.54, 1.807) is 6.07 Å². The van der Waals surface area contributed by atoms with Gasteiger partial charge in [-0.2, -0.15) is 0 Å². The average molecular weight is 445 g/mol. The summed E-state index contributed by atoms with van der Waals surface area (Å²) in [4.78, 5) is 0. The van der Waals surface area contributed by atoms with E-state index in [0.717, 1.165) is 53.9 Å². The van der Waals surface area contributed by atoms with Crippen LogP contribution in [0.25, 0.3) is 0 Å². The third-order valence-corrected chi connectivity index (χ3v) is 5.34. The summed E-state index contributed by atoms with van der Waals surface area (Å²) in [5.41, 5.74) is 2.09. The number of halogens is 3. The first-order chi connectivity index (χ1) is 12.1. The highest BCUT2D eigenvalue weighted by atomic mass is 79.9. The maximum absolute atomic E-state index is 6.06. The van der Waals surface area contributed by atoms with Gasteiger partial charge in [0, 0.05) is 29.7 Å². The highest BCUT2D eigenvalue weighted by Crippen LogP contribution is 2.26. The van der Waals surface area contributed by atoms with E-state index < -0.39 is 0 Å². The lowest BCUT2D eigenvalue weighted by molar-refractivity contribution is 0.110. The molecule has 1 atom stereocenters. The van der Waals surface area contributed by atoms with Crippen molar-refractivity contribution in [1.82, 2.24) is 5.32 Å². The molecule has 3 nitrogen and oxygen atoms in total. The van der Waals surface area contributed by atoms with Gasteiger partial charge in [-0.25, -0.2) is 0 Å². The first kappa shape index (κ1) is 19.0. The Morgan fingerprint density at radius 2 is 2.04 bits per heavy atom. The number of benzene rings is 2. The lowest BCUT2D eigenvalue weighted by Gasteiger charge is -2.15. The fourth-order valence-corrected chi connectivity index (χ4v) is 3.52. The first-order valence-corrected chi connectivity index (χ1v) is 9.84. The molecule has 1 fully saturated rings. The smallest absolute Gasteiger partial charge is 0.124 e. The molecule has 0 spiro atoms. The highest BCUT2D eigenvalue weighted by molar-refractivity contribution is 9.10. The second kappa shape index (κ2) is 9.24. The summed E-state index contributed by atoms with van der Waals surface area (Å²) in [5.74, 6) is 0.856. The number of rotatable bonds is 7. The monoisotopic (exact) mass is 443 g/mol. The molecule has 6 heteroatoms. The van der Waals surface area contributed by atoms with Gasteiger partial charge in [-0.1, -0.05) is 45.2 Å². The molecule has 0 aromatic heterocycles. The van der Waals surface area contributed by atoms with Crippen LogP contribution in [-0.2, 0) is 17.9 Å². The number of hydrogen-bond donors (Lipinski definition) is 1. The van der Waals surface area contributed by atoms with Crippen LogP contribution in [0.2, 0.25) is 10.0 Å². The molecule has 0 amide bonds. The second-order valence-corrected chi connectivity index (χ2v) is 7.79. The molecule has 0 bridgehead atoms. The van der Waals surface area contributed by atoms with Crippen molar-refractivity contribution in [2.75, 3.05) is 13.2 Å². The molecule has 1 N–H and O–H groups in total. The predicted octanol–water partition coefficient (Wildman–Crippen LogP) is 5.60. The van der Waals surface area contributed by atoms with Gasteiger partial charge < -0.3 is 14.8 Å². The van der Waals surface area contributed by atoms with E-state index in [1.807, 2.05) is 24.3 Å². The Hall–Kier alpha value is -0.780. The van der Waals surface area contributed by atoms with Gasteiger partial charge in [0.05, 0.1) is 16.1 Å². The Morgan fingerprint density at radius 1 is 1.16 bits per heavy atom. The molecular weight excluding hydrogens is 425 g/mol. The molecular formula is C19H20BrCl2NO2. The van der Waals surface area contributed by atoms with Crippen molar-refractivity contribution in [2.24, 2.45) is 0 Å². The zero-order valence-electron chi connectivity index (χ0n) is 13.7. The fourth-order valence-electron chi connectivity index (χ4n) is 2.79. The van der Waals surface area contributed by atoms with Crippen LogP contribution >= 0.6 is 39.1 Å². The zero-order valence-corrected chi connectivity index (χ0v) is 16.8. The fraction of sp³-hybridized carbons (Fsp3) is 0.368. The zero-order chi connectivity index (χ0) is 17.6. The summed E-state index contributed by atoms with van der Waals surface area (Å²) < 4.78 is 12.7. The number of nitrogens with one attached hydrogen (secondary N) is 1. The molecule has 1 saturated heterocycles. The van der Waals surface area contributed by atoms with Crippen LogP contribution in [0, 0.1) is 0 Å². The van der Waals surface area contributed by atoms with Gasteiger partial charge in [-0.05, 0) is 48.7 Å². The molecule has 1 heterocycles. The minimum absolute atomic E-state index is 0.327. The standard InChI is InChI=1S/C19H20BrCl2NO2/c20-15-4-6-19(25-12-13-3-5-17(21)18(22)8-13)14(9-15)10-23-11-16-2-1-7-24-16/h3-6,8-9,16,23H,1-2,7,10-12H2/t16-/m0/s1. The Balaban J connectivity index is 1.60. The van der Waals surface area contributed by atoms with Gasteiger partial charge in [0.2, 0.25) is 0 Å². The molecule has 1 aliphatic heterocycles. The summed E-state index contributed by atoms with van der Waals surface area (Å²) in [5, 5.41) is 4.55. The number of ether oxygens (including phenoxy) is 2. The summed E-state index contributed by atoms with van der Waals surface area (Å²) in [6, 6.07) is 11.6. The van der Waals surface area contributed by atoms with Gasteiger partial charge in [0.1, 0.15) is 12.4 Å². The topological polar surface area (TPSA) is 30.5 Å². The highest BCUT2D eigenvalue weighted by Gasteiger charge is 2.15. The van der Waals surface area contributed by atoms with E-state index >= 15 is 0 Å². The normalized spacial score (nSPS) is 17.0. The average Bonchev–Trinajstić information content (AvgIpc) is 3.10. The molecule has 3 rings (SSSR count). The summed E-state index contributed by atoms with van der Waals surface area (Å²) in [7, 11) is 0. The van der Waals surface area contributed by atoms with Gasteiger partial charge in [0.25, 0.3) is 0 Å². The van der Waals surface area contributed by atoms with E-state index in [-0.39, 0.29) is 0 Å². The van der Waals surface area contributed by atoms with E-state index in [0.29, 0.717) is 22.8 Å². The molecule has 2 aromatic carbocycles. The van der Waals surface area contributed by atoms with Crippen molar-refractivity contribution < 1.29 is 9.47 Å². The van der Waals surface area contributed by atoms with Gasteiger partial charge in [0.15, 0.2) is 0 Å². The van der Waals surface area contributed by atoms with Crippen molar-refractivity contribution in [2.45, 2.75) is 32.1 Å². The maximum Gasteiger partial charge on any atom is 0.124 e. The predicted molar refractivity (Wildman–Crippen MR) is 106 cm³/mol. The van der Waals surface area contributed by atoms with Crippen LogP contribution in [0.15, 0.2) is 40.9 Å². The Labute approximate surface area is 166 Å².